The number of dihydropyridines is 1. The number of allylic oxidation sites excluding steroid dienone is 5. The van der Waals surface area contributed by atoms with Crippen LogP contribution in [0.15, 0.2) is 52.6 Å². The quantitative estimate of drug-likeness (QED) is 0.426. The van der Waals surface area contributed by atoms with E-state index in [1.807, 2.05) is 6.08 Å². The fourth-order valence-corrected chi connectivity index (χ4v) is 3.37. The molecule has 0 aromatic carbocycles. The van der Waals surface area contributed by atoms with Crippen molar-refractivity contribution in [2.45, 2.75) is 72.3 Å². The molecule has 1 aromatic heterocycles. The molecule has 1 atom stereocenters. The molecule has 1 aromatic rings. The highest BCUT2D eigenvalue weighted by atomic mass is 14.8. The molecule has 0 aliphatic carbocycles. The third-order valence-corrected chi connectivity index (χ3v) is 4.85. The minimum absolute atomic E-state index is 0.411. The van der Waals surface area contributed by atoms with E-state index in [1.165, 1.54) is 28.6 Å². The first-order valence-corrected chi connectivity index (χ1v) is 10.1. The zero-order chi connectivity index (χ0) is 19.6. The molecule has 1 N–H and O–H groups in total. The lowest BCUT2D eigenvalue weighted by Gasteiger charge is -2.16. The fourth-order valence-electron chi connectivity index (χ4n) is 3.37. The summed E-state index contributed by atoms with van der Waals surface area (Å²) in [5.74, 6) is 0. The van der Waals surface area contributed by atoms with E-state index in [2.05, 4.69) is 58.1 Å². The lowest BCUT2D eigenvalue weighted by molar-refractivity contribution is 0.739. The van der Waals surface area contributed by atoms with Gasteiger partial charge in [0.1, 0.15) is 0 Å². The van der Waals surface area contributed by atoms with Crippen molar-refractivity contribution in [2.24, 2.45) is 4.99 Å². The van der Waals surface area contributed by atoms with E-state index in [0.29, 0.717) is 6.04 Å². The average molecular weight is 364 g/mol. The first kappa shape index (κ1) is 21.0. The van der Waals surface area contributed by atoms with Gasteiger partial charge in [0.05, 0.1) is 6.04 Å². The van der Waals surface area contributed by atoms with Crippen LogP contribution in [0.4, 0.5) is 0 Å². The third-order valence-electron chi connectivity index (χ3n) is 4.85. The molecule has 2 heterocycles. The van der Waals surface area contributed by atoms with Crippen LogP contribution in [0.5, 0.6) is 0 Å². The molecule has 27 heavy (non-hydrogen) atoms. The van der Waals surface area contributed by atoms with E-state index >= 15 is 0 Å². The zero-order valence-corrected chi connectivity index (χ0v) is 17.3. The van der Waals surface area contributed by atoms with E-state index < -0.39 is 0 Å². The number of aromatic nitrogens is 1. The third kappa shape index (κ3) is 7.09. The number of hydrogen-bond acceptors (Lipinski definition) is 3. The van der Waals surface area contributed by atoms with Gasteiger partial charge in [-0.25, -0.2) is 0 Å². The highest BCUT2D eigenvalue weighted by Gasteiger charge is 2.11. The van der Waals surface area contributed by atoms with Crippen LogP contribution in [0.1, 0.15) is 63.4 Å². The number of hydrogen-bond donors (Lipinski definition) is 1. The van der Waals surface area contributed by atoms with Gasteiger partial charge in [0.25, 0.3) is 0 Å². The molecule has 0 amide bonds. The lowest BCUT2D eigenvalue weighted by atomic mass is 9.97. The van der Waals surface area contributed by atoms with Crippen molar-refractivity contribution in [3.05, 3.63) is 64.5 Å². The highest BCUT2D eigenvalue weighted by Crippen LogP contribution is 2.18. The summed E-state index contributed by atoms with van der Waals surface area (Å²) in [4.78, 5) is 9.55. The van der Waals surface area contributed by atoms with Gasteiger partial charge in [-0.05, 0) is 94.2 Å². The molecule has 0 bridgehead atoms. The van der Waals surface area contributed by atoms with E-state index in [4.69, 9.17) is 15.4 Å². The standard InChI is InChI=1S/C24H33N3/c1-5-6-7-21(14-15-25)10-12-23-17-22(16-20(4)26-23)11-13-24-18(2)8-9-19(3)27-24/h6-8,14-17,19,25H,5,9-13H2,1-4H3/b7-6+,21-14+,25-15?. The van der Waals surface area contributed by atoms with Crippen molar-refractivity contribution in [1.29, 1.82) is 5.41 Å². The summed E-state index contributed by atoms with van der Waals surface area (Å²) in [5, 5.41) is 7.34. The molecule has 3 nitrogen and oxygen atoms in total. The molecule has 144 valence electrons. The topological polar surface area (TPSA) is 49.1 Å². The van der Waals surface area contributed by atoms with Crippen LogP contribution >= 0.6 is 0 Å². The van der Waals surface area contributed by atoms with E-state index in [-0.39, 0.29) is 0 Å². The number of nitrogens with one attached hydrogen (secondary N) is 1. The Kier molecular flexibility index (Phi) is 8.38. The van der Waals surface area contributed by atoms with Crippen molar-refractivity contribution >= 4 is 11.9 Å². The van der Waals surface area contributed by atoms with Gasteiger partial charge in [0, 0.05) is 23.3 Å². The summed E-state index contributed by atoms with van der Waals surface area (Å²) >= 11 is 0. The lowest BCUT2D eigenvalue weighted by Crippen LogP contribution is -2.13. The van der Waals surface area contributed by atoms with E-state index in [0.717, 1.165) is 49.9 Å². The summed E-state index contributed by atoms with van der Waals surface area (Å²) < 4.78 is 0. The van der Waals surface area contributed by atoms with Gasteiger partial charge in [0.15, 0.2) is 0 Å². The largest absolute Gasteiger partial charge is 0.309 e. The summed E-state index contributed by atoms with van der Waals surface area (Å²) in [5.41, 5.74) is 7.33. The Bertz CT molecular complexity index is 766. The van der Waals surface area contributed by atoms with Crippen LogP contribution in [-0.4, -0.2) is 23.0 Å². The molecule has 0 spiro atoms. The first-order valence-electron chi connectivity index (χ1n) is 10.1. The van der Waals surface area contributed by atoms with Crippen LogP contribution < -0.4 is 0 Å². The molecule has 1 aliphatic heterocycles. The smallest absolute Gasteiger partial charge is 0.0509 e. The number of aryl methyl sites for hydroxylation is 3. The number of nitrogens with zero attached hydrogens (tertiary/aromatic N) is 2. The molecule has 2 rings (SSSR count). The second-order valence-electron chi connectivity index (χ2n) is 7.37. The van der Waals surface area contributed by atoms with E-state index in [1.54, 1.807) is 0 Å². The number of pyridine rings is 1. The van der Waals surface area contributed by atoms with Gasteiger partial charge < -0.3 is 5.41 Å². The van der Waals surface area contributed by atoms with Crippen LogP contribution in [0.25, 0.3) is 0 Å². The molecular formula is C24H33N3. The van der Waals surface area contributed by atoms with Gasteiger partial charge in [0.2, 0.25) is 0 Å². The number of rotatable bonds is 9. The van der Waals surface area contributed by atoms with Gasteiger partial charge in [-0.2, -0.15) is 0 Å². The first-order chi connectivity index (χ1) is 13.0. The number of aliphatic imine (C=N–C) groups is 1. The molecule has 1 unspecified atom stereocenters. The Morgan fingerprint density at radius 3 is 2.78 bits per heavy atom. The van der Waals surface area contributed by atoms with Crippen LogP contribution in [0, 0.1) is 12.3 Å². The summed E-state index contributed by atoms with van der Waals surface area (Å²) in [7, 11) is 0. The SMILES string of the molecule is CC/C=C/C(=C\C=N)CCc1cc(CCC2=NC(C)CC=C2C)cc(C)n1. The van der Waals surface area contributed by atoms with Gasteiger partial charge in [-0.1, -0.05) is 25.2 Å². The Morgan fingerprint density at radius 2 is 2.04 bits per heavy atom. The Hall–Kier alpha value is -2.29. The van der Waals surface area contributed by atoms with Gasteiger partial charge >= 0.3 is 0 Å². The maximum atomic E-state index is 7.34. The zero-order valence-electron chi connectivity index (χ0n) is 17.3. The molecule has 0 saturated carbocycles. The van der Waals surface area contributed by atoms with Crippen molar-refractivity contribution < 1.29 is 0 Å². The predicted octanol–water partition coefficient (Wildman–Crippen LogP) is 5.98. The molecule has 0 saturated heterocycles. The van der Waals surface area contributed by atoms with Crippen LogP contribution in [-0.2, 0) is 12.8 Å². The molecular weight excluding hydrogens is 330 g/mol. The van der Waals surface area contributed by atoms with Crippen LogP contribution in [0.2, 0.25) is 0 Å². The highest BCUT2D eigenvalue weighted by molar-refractivity contribution is 6.00. The maximum Gasteiger partial charge on any atom is 0.0509 e. The molecule has 0 radical (unpaired) electrons. The molecule has 0 fully saturated rings. The summed E-state index contributed by atoms with van der Waals surface area (Å²) in [6, 6.07) is 4.85. The normalized spacial score (nSPS) is 17.8. The van der Waals surface area contributed by atoms with Gasteiger partial charge in [-0.15, -0.1) is 0 Å². The Balaban J connectivity index is 2.03. The summed E-state index contributed by atoms with van der Waals surface area (Å²) in [6.45, 7) is 8.56. The van der Waals surface area contributed by atoms with Crippen molar-refractivity contribution in [1.82, 2.24) is 4.98 Å². The van der Waals surface area contributed by atoms with Crippen molar-refractivity contribution in [3.8, 4) is 0 Å². The maximum absolute atomic E-state index is 7.34. The second kappa shape index (κ2) is 10.8. The van der Waals surface area contributed by atoms with Crippen LogP contribution in [0.3, 0.4) is 0 Å². The minimum Gasteiger partial charge on any atom is -0.309 e. The molecule has 3 heteroatoms. The van der Waals surface area contributed by atoms with Gasteiger partial charge in [-0.3, -0.25) is 9.98 Å². The van der Waals surface area contributed by atoms with E-state index in [9.17, 15) is 0 Å². The Labute approximate surface area is 164 Å². The monoisotopic (exact) mass is 363 g/mol. The minimum atomic E-state index is 0.411. The average Bonchev–Trinajstić information content (AvgIpc) is 2.64. The molecule has 1 aliphatic rings. The van der Waals surface area contributed by atoms with Crippen molar-refractivity contribution in [3.63, 3.8) is 0 Å². The second-order valence-corrected chi connectivity index (χ2v) is 7.37. The predicted molar refractivity (Wildman–Crippen MR) is 117 cm³/mol. The van der Waals surface area contributed by atoms with Crippen molar-refractivity contribution in [2.75, 3.05) is 0 Å². The summed E-state index contributed by atoms with van der Waals surface area (Å²) in [6.07, 6.45) is 15.7. The fraction of sp³-hybridized carbons (Fsp3) is 0.458. The Morgan fingerprint density at radius 1 is 1.22 bits per heavy atom.